The van der Waals surface area contributed by atoms with E-state index in [4.69, 9.17) is 0 Å². The molecule has 1 unspecified atom stereocenters. The normalized spacial score (nSPS) is 11.8. The van der Waals surface area contributed by atoms with Gasteiger partial charge in [0.2, 0.25) is 5.91 Å². The minimum absolute atomic E-state index is 0.0385. The number of hydrogen-bond acceptors (Lipinski definition) is 3. The van der Waals surface area contributed by atoms with Crippen LogP contribution in [0, 0.1) is 0 Å². The maximum atomic E-state index is 12.5. The number of carbonyl (C=O) groups is 2. The van der Waals surface area contributed by atoms with Gasteiger partial charge in [0.15, 0.2) is 0 Å². The fraction of sp³-hybridized carbons (Fsp3) is 0.300. The lowest BCUT2D eigenvalue weighted by Gasteiger charge is -2.15. The van der Waals surface area contributed by atoms with E-state index >= 15 is 0 Å². The number of para-hydroxylation sites is 1. The third-order valence-electron chi connectivity index (χ3n) is 3.56. The van der Waals surface area contributed by atoms with E-state index in [9.17, 15) is 9.59 Å². The van der Waals surface area contributed by atoms with Crippen LogP contribution in [0.5, 0.6) is 0 Å². The van der Waals surface area contributed by atoms with Crippen molar-refractivity contribution in [2.24, 2.45) is 0 Å². The Morgan fingerprint density at radius 1 is 0.960 bits per heavy atom. The van der Waals surface area contributed by atoms with E-state index in [1.807, 2.05) is 57.2 Å². The molecule has 4 nitrogen and oxygen atoms in total. The Morgan fingerprint density at radius 3 is 2.28 bits per heavy atom. The van der Waals surface area contributed by atoms with Crippen molar-refractivity contribution in [3.63, 3.8) is 0 Å². The first-order valence-corrected chi connectivity index (χ1v) is 9.38. The van der Waals surface area contributed by atoms with Crippen LogP contribution in [0.4, 0.5) is 5.69 Å². The second kappa shape index (κ2) is 9.28. The number of thioether (sulfide) groups is 1. The van der Waals surface area contributed by atoms with E-state index in [2.05, 4.69) is 10.6 Å². The molecular formula is C20H24N2O2S. The molecule has 0 aromatic heterocycles. The van der Waals surface area contributed by atoms with Gasteiger partial charge in [-0.25, -0.2) is 0 Å². The Morgan fingerprint density at radius 2 is 1.60 bits per heavy atom. The van der Waals surface area contributed by atoms with Crippen molar-refractivity contribution >= 4 is 29.3 Å². The molecule has 25 heavy (non-hydrogen) atoms. The fourth-order valence-electron chi connectivity index (χ4n) is 2.24. The molecule has 0 aliphatic rings. The predicted octanol–water partition coefficient (Wildman–Crippen LogP) is 4.09. The molecule has 2 N–H and O–H groups in total. The highest BCUT2D eigenvalue weighted by atomic mass is 32.2. The monoisotopic (exact) mass is 356 g/mol. The highest BCUT2D eigenvalue weighted by Crippen LogP contribution is 2.21. The molecule has 0 aliphatic carbocycles. The molecule has 1 atom stereocenters. The van der Waals surface area contributed by atoms with Crippen molar-refractivity contribution in [1.82, 2.24) is 5.32 Å². The molecule has 0 spiro atoms. The van der Waals surface area contributed by atoms with Crippen LogP contribution < -0.4 is 10.6 Å². The summed E-state index contributed by atoms with van der Waals surface area (Å²) in [6.45, 7) is 5.68. The summed E-state index contributed by atoms with van der Waals surface area (Å²) in [7, 11) is 0. The Hall–Kier alpha value is -2.27. The zero-order valence-electron chi connectivity index (χ0n) is 14.8. The fourth-order valence-corrected chi connectivity index (χ4v) is 3.08. The van der Waals surface area contributed by atoms with Crippen LogP contribution in [0.15, 0.2) is 54.6 Å². The van der Waals surface area contributed by atoms with E-state index in [0.717, 1.165) is 5.75 Å². The maximum Gasteiger partial charge on any atom is 0.253 e. The summed E-state index contributed by atoms with van der Waals surface area (Å²) in [5.74, 6) is 0.478. The van der Waals surface area contributed by atoms with Gasteiger partial charge in [0.25, 0.3) is 5.91 Å². The van der Waals surface area contributed by atoms with Crippen molar-refractivity contribution < 1.29 is 9.59 Å². The summed E-state index contributed by atoms with van der Waals surface area (Å²) in [5, 5.41) is 5.51. The molecule has 0 saturated carbocycles. The lowest BCUT2D eigenvalue weighted by Crippen LogP contribution is -2.31. The molecule has 0 aliphatic heterocycles. The van der Waals surface area contributed by atoms with E-state index in [1.54, 1.807) is 30.0 Å². The Balaban J connectivity index is 1.99. The minimum Gasteiger partial charge on any atom is -0.350 e. The second-order valence-electron chi connectivity index (χ2n) is 6.10. The molecule has 0 fully saturated rings. The standard InChI is InChI=1S/C20H24N2O2S/c1-14(2)21-20(24)17-11-7-8-12-18(17)22-19(23)15(3)25-13-16-9-5-4-6-10-16/h4-12,14-15H,13H2,1-3H3,(H,21,24)(H,22,23). The molecule has 2 aromatic rings. The van der Waals surface area contributed by atoms with E-state index in [-0.39, 0.29) is 23.1 Å². The number of carbonyl (C=O) groups excluding carboxylic acids is 2. The SMILES string of the molecule is CC(C)NC(=O)c1ccccc1NC(=O)C(C)SCc1ccccc1. The van der Waals surface area contributed by atoms with Crippen LogP contribution >= 0.6 is 11.8 Å². The third kappa shape index (κ3) is 5.94. The van der Waals surface area contributed by atoms with Gasteiger partial charge >= 0.3 is 0 Å². The van der Waals surface area contributed by atoms with Gasteiger partial charge in [0.05, 0.1) is 16.5 Å². The molecule has 132 valence electrons. The first kappa shape index (κ1) is 19.1. The molecule has 2 amide bonds. The molecule has 5 heteroatoms. The van der Waals surface area contributed by atoms with Crippen LogP contribution in [-0.4, -0.2) is 23.1 Å². The van der Waals surface area contributed by atoms with Crippen LogP contribution in [0.2, 0.25) is 0 Å². The van der Waals surface area contributed by atoms with Crippen molar-refractivity contribution in [1.29, 1.82) is 0 Å². The van der Waals surface area contributed by atoms with Gasteiger partial charge < -0.3 is 10.6 Å². The summed E-state index contributed by atoms with van der Waals surface area (Å²) < 4.78 is 0. The average molecular weight is 356 g/mol. The first-order valence-electron chi connectivity index (χ1n) is 8.33. The number of nitrogens with one attached hydrogen (secondary N) is 2. The van der Waals surface area contributed by atoms with Crippen molar-refractivity contribution in [3.05, 3.63) is 65.7 Å². The zero-order chi connectivity index (χ0) is 18.2. The Bertz CT molecular complexity index is 717. The van der Waals surface area contributed by atoms with Crippen molar-refractivity contribution in [3.8, 4) is 0 Å². The van der Waals surface area contributed by atoms with Gasteiger partial charge in [0.1, 0.15) is 0 Å². The second-order valence-corrected chi connectivity index (χ2v) is 7.43. The molecule has 0 radical (unpaired) electrons. The maximum absolute atomic E-state index is 12.5. The lowest BCUT2D eigenvalue weighted by atomic mass is 10.1. The number of amides is 2. The smallest absolute Gasteiger partial charge is 0.253 e. The lowest BCUT2D eigenvalue weighted by molar-refractivity contribution is -0.115. The number of rotatable bonds is 7. The third-order valence-corrected chi connectivity index (χ3v) is 4.78. The van der Waals surface area contributed by atoms with Gasteiger partial charge in [-0.3, -0.25) is 9.59 Å². The summed E-state index contributed by atoms with van der Waals surface area (Å²) >= 11 is 1.57. The van der Waals surface area contributed by atoms with Gasteiger partial charge in [-0.2, -0.15) is 0 Å². The van der Waals surface area contributed by atoms with Crippen molar-refractivity contribution in [2.75, 3.05) is 5.32 Å². The van der Waals surface area contributed by atoms with E-state index in [1.165, 1.54) is 5.56 Å². The molecular weight excluding hydrogens is 332 g/mol. The molecule has 2 rings (SSSR count). The van der Waals surface area contributed by atoms with Crippen LogP contribution in [0.25, 0.3) is 0 Å². The molecule has 0 heterocycles. The summed E-state index contributed by atoms with van der Waals surface area (Å²) in [6.07, 6.45) is 0. The largest absolute Gasteiger partial charge is 0.350 e. The minimum atomic E-state index is -0.221. The van der Waals surface area contributed by atoms with Crippen LogP contribution in [0.1, 0.15) is 36.7 Å². The van der Waals surface area contributed by atoms with Gasteiger partial charge in [0, 0.05) is 11.8 Å². The Labute approximate surface area is 153 Å². The van der Waals surface area contributed by atoms with Gasteiger partial charge in [-0.1, -0.05) is 42.5 Å². The van der Waals surface area contributed by atoms with E-state index in [0.29, 0.717) is 11.3 Å². The molecule has 0 saturated heterocycles. The Kier molecular flexibility index (Phi) is 7.07. The quantitative estimate of drug-likeness (QED) is 0.786. The first-order chi connectivity index (χ1) is 12.0. The molecule has 2 aromatic carbocycles. The highest BCUT2D eigenvalue weighted by Gasteiger charge is 2.17. The van der Waals surface area contributed by atoms with Crippen molar-refractivity contribution in [2.45, 2.75) is 37.8 Å². The number of anilines is 1. The number of benzene rings is 2. The average Bonchev–Trinajstić information content (AvgIpc) is 2.60. The topological polar surface area (TPSA) is 58.2 Å². The van der Waals surface area contributed by atoms with E-state index < -0.39 is 0 Å². The molecule has 0 bridgehead atoms. The summed E-state index contributed by atoms with van der Waals surface area (Å²) in [6, 6.07) is 17.2. The van der Waals surface area contributed by atoms with Crippen LogP contribution in [-0.2, 0) is 10.5 Å². The van der Waals surface area contributed by atoms with Gasteiger partial charge in [-0.05, 0) is 38.5 Å². The summed E-state index contributed by atoms with van der Waals surface area (Å²) in [5.41, 5.74) is 2.20. The predicted molar refractivity (Wildman–Crippen MR) is 105 cm³/mol. The highest BCUT2D eigenvalue weighted by molar-refractivity contribution is 7.99. The van der Waals surface area contributed by atoms with Gasteiger partial charge in [-0.15, -0.1) is 11.8 Å². The van der Waals surface area contributed by atoms with Crippen LogP contribution in [0.3, 0.4) is 0 Å². The number of hydrogen-bond donors (Lipinski definition) is 2. The zero-order valence-corrected chi connectivity index (χ0v) is 15.6. The summed E-state index contributed by atoms with van der Waals surface area (Å²) in [4.78, 5) is 24.7.